The molecule has 0 saturated heterocycles. The van der Waals surface area contributed by atoms with E-state index in [1.54, 1.807) is 0 Å². The topological polar surface area (TPSA) is 71.2 Å². The third-order valence-corrected chi connectivity index (χ3v) is 2.26. The van der Waals surface area contributed by atoms with Gasteiger partial charge in [0.15, 0.2) is 0 Å². The molecule has 0 aliphatic heterocycles. The largest absolute Gasteiger partial charge is 0.300 e. The molecule has 1 aromatic rings. The van der Waals surface area contributed by atoms with Gasteiger partial charge in [-0.25, -0.2) is 5.84 Å². The van der Waals surface area contributed by atoms with E-state index >= 15 is 0 Å². The summed E-state index contributed by atoms with van der Waals surface area (Å²) in [6, 6.07) is 5.93. The van der Waals surface area contributed by atoms with Crippen molar-refractivity contribution in [2.75, 3.05) is 13.6 Å². The molecule has 0 saturated carbocycles. The van der Waals surface area contributed by atoms with Crippen molar-refractivity contribution >= 4 is 5.91 Å². The quantitative estimate of drug-likeness (QED) is 0.424. The van der Waals surface area contributed by atoms with Crippen molar-refractivity contribution in [3.63, 3.8) is 0 Å². The number of hydrazine groups is 1. The van der Waals surface area contributed by atoms with Crippen molar-refractivity contribution in [3.8, 4) is 0 Å². The van der Waals surface area contributed by atoms with E-state index in [4.69, 9.17) is 5.84 Å². The molecule has 0 fully saturated rings. The van der Waals surface area contributed by atoms with Crippen LogP contribution in [0, 0.1) is 6.92 Å². The second kappa shape index (κ2) is 6.19. The van der Waals surface area contributed by atoms with Crippen LogP contribution in [0.3, 0.4) is 0 Å². The zero-order valence-electron chi connectivity index (χ0n) is 9.73. The number of carbonyl (C=O) groups is 1. The van der Waals surface area contributed by atoms with Crippen LogP contribution in [-0.2, 0) is 11.3 Å². The molecule has 88 valence electrons. The summed E-state index contributed by atoms with van der Waals surface area (Å²) >= 11 is 0. The van der Waals surface area contributed by atoms with Crippen molar-refractivity contribution < 1.29 is 4.79 Å². The zero-order chi connectivity index (χ0) is 12.0. The van der Waals surface area contributed by atoms with Crippen molar-refractivity contribution in [1.29, 1.82) is 0 Å². The molecule has 16 heavy (non-hydrogen) atoms. The molecule has 5 heteroatoms. The lowest BCUT2D eigenvalue weighted by atomic mass is 10.3. The Hall–Kier alpha value is -1.46. The molecule has 0 radical (unpaired) electrons. The van der Waals surface area contributed by atoms with Crippen molar-refractivity contribution in [1.82, 2.24) is 15.3 Å². The van der Waals surface area contributed by atoms with E-state index in [9.17, 15) is 4.79 Å². The van der Waals surface area contributed by atoms with Crippen LogP contribution in [0.5, 0.6) is 0 Å². The molecule has 1 rings (SSSR count). The van der Waals surface area contributed by atoms with Gasteiger partial charge in [0.25, 0.3) is 0 Å². The third kappa shape index (κ3) is 4.37. The minimum atomic E-state index is -0.149. The van der Waals surface area contributed by atoms with Crippen LogP contribution in [0.2, 0.25) is 0 Å². The lowest BCUT2D eigenvalue weighted by Crippen LogP contribution is -2.33. The first-order valence-corrected chi connectivity index (χ1v) is 5.22. The van der Waals surface area contributed by atoms with Crippen LogP contribution >= 0.6 is 0 Å². The molecule has 1 heterocycles. The summed E-state index contributed by atoms with van der Waals surface area (Å²) in [5.74, 6) is 4.85. The van der Waals surface area contributed by atoms with Gasteiger partial charge in [0.1, 0.15) is 0 Å². The monoisotopic (exact) mass is 222 g/mol. The van der Waals surface area contributed by atoms with Crippen molar-refractivity contribution in [2.45, 2.75) is 19.9 Å². The van der Waals surface area contributed by atoms with Gasteiger partial charge < -0.3 is 4.90 Å². The maximum atomic E-state index is 10.9. The summed E-state index contributed by atoms with van der Waals surface area (Å²) in [6.45, 7) is 3.36. The Morgan fingerprint density at radius 3 is 2.94 bits per heavy atom. The predicted molar refractivity (Wildman–Crippen MR) is 62.3 cm³/mol. The van der Waals surface area contributed by atoms with E-state index in [2.05, 4.69) is 10.4 Å². The third-order valence-electron chi connectivity index (χ3n) is 2.26. The number of nitrogens with two attached hydrogens (primary N) is 1. The summed E-state index contributed by atoms with van der Waals surface area (Å²) in [4.78, 5) is 17.4. The molecule has 0 atom stereocenters. The predicted octanol–water partition coefficient (Wildman–Crippen LogP) is 0.202. The molecule has 1 amide bonds. The molecular weight excluding hydrogens is 204 g/mol. The van der Waals surface area contributed by atoms with Gasteiger partial charge in [-0.2, -0.15) is 0 Å². The summed E-state index contributed by atoms with van der Waals surface area (Å²) in [7, 11) is 1.95. The summed E-state index contributed by atoms with van der Waals surface area (Å²) in [6.07, 6.45) is 0.402. The highest BCUT2D eigenvalue weighted by Gasteiger charge is 2.04. The van der Waals surface area contributed by atoms with Crippen LogP contribution in [-0.4, -0.2) is 29.4 Å². The van der Waals surface area contributed by atoms with Gasteiger partial charge >= 0.3 is 0 Å². The van der Waals surface area contributed by atoms with Gasteiger partial charge in [0, 0.05) is 25.2 Å². The van der Waals surface area contributed by atoms with Gasteiger partial charge in [-0.15, -0.1) is 0 Å². The number of pyridine rings is 1. The van der Waals surface area contributed by atoms with E-state index in [1.165, 1.54) is 0 Å². The average Bonchev–Trinajstić information content (AvgIpc) is 2.26. The highest BCUT2D eigenvalue weighted by Crippen LogP contribution is 2.02. The maximum Gasteiger partial charge on any atom is 0.235 e. The fourth-order valence-corrected chi connectivity index (χ4v) is 1.41. The second-order valence-electron chi connectivity index (χ2n) is 3.83. The smallest absolute Gasteiger partial charge is 0.235 e. The molecule has 5 nitrogen and oxygen atoms in total. The van der Waals surface area contributed by atoms with E-state index in [1.807, 2.05) is 37.1 Å². The first-order chi connectivity index (χ1) is 7.61. The fraction of sp³-hybridized carbons (Fsp3) is 0.455. The second-order valence-corrected chi connectivity index (χ2v) is 3.83. The number of nitrogens with zero attached hydrogens (tertiary/aromatic N) is 2. The molecule has 0 aromatic carbocycles. The van der Waals surface area contributed by atoms with Gasteiger partial charge in [0.05, 0.1) is 5.69 Å². The van der Waals surface area contributed by atoms with E-state index in [-0.39, 0.29) is 5.91 Å². The Kier molecular flexibility index (Phi) is 4.88. The number of carbonyl (C=O) groups excluding carboxylic acids is 1. The number of amides is 1. The van der Waals surface area contributed by atoms with Gasteiger partial charge in [-0.05, 0) is 26.1 Å². The standard InChI is InChI=1S/C11H18N4O/c1-9-4-3-5-10(13-9)8-15(2)7-6-11(16)14-12/h3-5H,6-8,12H2,1-2H3,(H,14,16). The summed E-state index contributed by atoms with van der Waals surface area (Å²) in [5, 5.41) is 0. The Labute approximate surface area is 95.6 Å². The highest BCUT2D eigenvalue weighted by atomic mass is 16.2. The van der Waals surface area contributed by atoms with Crippen molar-refractivity contribution in [2.24, 2.45) is 5.84 Å². The maximum absolute atomic E-state index is 10.9. The number of aromatic nitrogens is 1. The molecule has 0 aliphatic rings. The van der Waals surface area contributed by atoms with Crippen LogP contribution in [0.4, 0.5) is 0 Å². The molecule has 0 spiro atoms. The van der Waals surface area contributed by atoms with Crippen LogP contribution in [0.25, 0.3) is 0 Å². The average molecular weight is 222 g/mol. The Balaban J connectivity index is 2.39. The molecule has 1 aromatic heterocycles. The number of hydrogen-bond donors (Lipinski definition) is 2. The summed E-state index contributed by atoms with van der Waals surface area (Å²) in [5.41, 5.74) is 4.13. The summed E-state index contributed by atoms with van der Waals surface area (Å²) < 4.78 is 0. The van der Waals surface area contributed by atoms with Gasteiger partial charge in [-0.3, -0.25) is 15.2 Å². The normalized spacial score (nSPS) is 10.5. The Bertz CT molecular complexity index is 354. The van der Waals surface area contributed by atoms with E-state index in [0.717, 1.165) is 17.9 Å². The first-order valence-electron chi connectivity index (χ1n) is 5.22. The highest BCUT2D eigenvalue weighted by molar-refractivity contribution is 5.75. The number of hydrogen-bond acceptors (Lipinski definition) is 4. The molecular formula is C11H18N4O. The molecule has 3 N–H and O–H groups in total. The minimum absolute atomic E-state index is 0.149. The van der Waals surface area contributed by atoms with Crippen LogP contribution in [0.15, 0.2) is 18.2 Å². The van der Waals surface area contributed by atoms with Crippen LogP contribution in [0.1, 0.15) is 17.8 Å². The molecule has 0 bridgehead atoms. The molecule has 0 unspecified atom stereocenters. The number of aryl methyl sites for hydroxylation is 1. The lowest BCUT2D eigenvalue weighted by Gasteiger charge is -2.15. The van der Waals surface area contributed by atoms with E-state index in [0.29, 0.717) is 13.0 Å². The Morgan fingerprint density at radius 1 is 1.56 bits per heavy atom. The van der Waals surface area contributed by atoms with Crippen LogP contribution < -0.4 is 11.3 Å². The van der Waals surface area contributed by atoms with Gasteiger partial charge in [-0.1, -0.05) is 6.07 Å². The fourth-order valence-electron chi connectivity index (χ4n) is 1.41. The number of nitrogens with one attached hydrogen (secondary N) is 1. The molecule has 0 aliphatic carbocycles. The SMILES string of the molecule is Cc1cccc(CN(C)CCC(=O)NN)n1. The Morgan fingerprint density at radius 2 is 2.31 bits per heavy atom. The zero-order valence-corrected chi connectivity index (χ0v) is 9.73. The number of rotatable bonds is 5. The van der Waals surface area contributed by atoms with Crippen molar-refractivity contribution in [3.05, 3.63) is 29.6 Å². The lowest BCUT2D eigenvalue weighted by molar-refractivity contribution is -0.121. The minimum Gasteiger partial charge on any atom is -0.300 e. The first kappa shape index (κ1) is 12.6. The van der Waals surface area contributed by atoms with E-state index < -0.39 is 0 Å². The van der Waals surface area contributed by atoms with Gasteiger partial charge in [0.2, 0.25) is 5.91 Å².